The van der Waals surface area contributed by atoms with E-state index in [1.165, 1.54) is 12.1 Å². The van der Waals surface area contributed by atoms with Crippen molar-refractivity contribution in [3.05, 3.63) is 41.8 Å². The summed E-state index contributed by atoms with van der Waals surface area (Å²) in [7, 11) is -3.87. The van der Waals surface area contributed by atoms with E-state index in [1.54, 1.807) is 12.1 Å². The summed E-state index contributed by atoms with van der Waals surface area (Å²) in [4.78, 5) is 11.5. The van der Waals surface area contributed by atoms with E-state index in [9.17, 15) is 17.6 Å². The number of hydrogen-bond donors (Lipinski definition) is 2. The molecule has 0 spiro atoms. The number of halogens is 1. The van der Waals surface area contributed by atoms with E-state index < -0.39 is 16.3 Å². The Balaban J connectivity index is 1.36. The number of carbonyl (C=O) groups excluding carboxylic acids is 1. The highest BCUT2D eigenvalue weighted by molar-refractivity contribution is 7.87. The Morgan fingerprint density at radius 1 is 1.21 bits per heavy atom. The minimum Gasteiger partial charge on any atom is -0.447 e. The van der Waals surface area contributed by atoms with Gasteiger partial charge in [-0.15, -0.1) is 0 Å². The third-order valence-corrected chi connectivity index (χ3v) is 6.76. The lowest BCUT2D eigenvalue weighted by Gasteiger charge is -2.29. The first-order chi connectivity index (χ1) is 13.4. The smallest absolute Gasteiger partial charge is 0.424 e. The van der Waals surface area contributed by atoms with Crippen LogP contribution in [0.15, 0.2) is 30.3 Å². The SMILES string of the molecule is O=C1OCCN1S(=O)(=O)NC1CCC(c2cc(-c3cccc(F)c3)n[nH]2)CC1. The number of ether oxygens (including phenoxy) is 1. The van der Waals surface area contributed by atoms with E-state index in [4.69, 9.17) is 4.74 Å². The van der Waals surface area contributed by atoms with Gasteiger partial charge in [-0.05, 0) is 43.9 Å². The van der Waals surface area contributed by atoms with Gasteiger partial charge in [-0.3, -0.25) is 5.10 Å². The summed E-state index contributed by atoms with van der Waals surface area (Å²) < 4.78 is 46.1. The summed E-state index contributed by atoms with van der Waals surface area (Å²) in [5.41, 5.74) is 2.36. The van der Waals surface area contributed by atoms with Gasteiger partial charge < -0.3 is 4.74 Å². The summed E-state index contributed by atoms with van der Waals surface area (Å²) in [6, 6.07) is 7.98. The molecule has 2 fully saturated rings. The van der Waals surface area contributed by atoms with Gasteiger partial charge in [-0.25, -0.2) is 9.18 Å². The Kier molecular flexibility index (Phi) is 5.07. The Labute approximate surface area is 162 Å². The fraction of sp³-hybridized carbons (Fsp3) is 0.444. The molecule has 0 bridgehead atoms. The maximum absolute atomic E-state index is 13.4. The van der Waals surface area contributed by atoms with Gasteiger partial charge in [0, 0.05) is 23.2 Å². The lowest BCUT2D eigenvalue weighted by atomic mass is 9.84. The van der Waals surface area contributed by atoms with Crippen LogP contribution in [0.25, 0.3) is 11.3 Å². The van der Waals surface area contributed by atoms with Crippen LogP contribution in [-0.4, -0.2) is 48.2 Å². The third-order valence-electron chi connectivity index (χ3n) is 5.21. The predicted octanol–water partition coefficient (Wildman–Crippen LogP) is 2.53. The number of nitrogens with zero attached hydrogens (tertiary/aromatic N) is 2. The molecule has 28 heavy (non-hydrogen) atoms. The average molecular weight is 408 g/mol. The maximum atomic E-state index is 13.4. The maximum Gasteiger partial charge on any atom is 0.424 e. The van der Waals surface area contributed by atoms with Crippen LogP contribution in [0, 0.1) is 5.82 Å². The molecule has 1 saturated heterocycles. The molecule has 1 aromatic heterocycles. The number of rotatable bonds is 5. The van der Waals surface area contributed by atoms with Crippen LogP contribution in [0.3, 0.4) is 0 Å². The van der Waals surface area contributed by atoms with Gasteiger partial charge in [0.05, 0.1) is 12.2 Å². The van der Waals surface area contributed by atoms with Gasteiger partial charge in [0.25, 0.3) is 0 Å². The fourth-order valence-electron chi connectivity index (χ4n) is 3.74. The molecule has 1 aromatic carbocycles. The van der Waals surface area contributed by atoms with Crippen molar-refractivity contribution in [1.82, 2.24) is 19.2 Å². The van der Waals surface area contributed by atoms with Gasteiger partial charge in [-0.1, -0.05) is 12.1 Å². The van der Waals surface area contributed by atoms with E-state index in [1.807, 2.05) is 6.07 Å². The van der Waals surface area contributed by atoms with Gasteiger partial charge in [0.2, 0.25) is 0 Å². The normalized spacial score (nSPS) is 23.0. The molecule has 2 aromatic rings. The van der Waals surface area contributed by atoms with Gasteiger partial charge >= 0.3 is 16.3 Å². The zero-order chi connectivity index (χ0) is 19.7. The van der Waals surface area contributed by atoms with E-state index in [2.05, 4.69) is 14.9 Å². The number of nitrogens with one attached hydrogen (secondary N) is 2. The standard InChI is InChI=1S/C18H21FN4O4S/c19-14-3-1-2-13(10-14)17-11-16(20-21-17)12-4-6-15(7-5-12)22-28(25,26)23-8-9-27-18(23)24/h1-3,10-12,15,22H,4-9H2,(H,20,21). The van der Waals surface area contributed by atoms with Crippen LogP contribution in [0.2, 0.25) is 0 Å². The van der Waals surface area contributed by atoms with Crippen LogP contribution in [0.4, 0.5) is 9.18 Å². The highest BCUT2D eigenvalue weighted by atomic mass is 32.2. The van der Waals surface area contributed by atoms with Crippen molar-refractivity contribution < 1.29 is 22.3 Å². The summed E-state index contributed by atoms with van der Waals surface area (Å²) in [5, 5.41) is 7.31. The number of carbonyl (C=O) groups is 1. The second-order valence-corrected chi connectivity index (χ2v) is 8.70. The Bertz CT molecular complexity index is 969. The van der Waals surface area contributed by atoms with Crippen molar-refractivity contribution in [2.24, 2.45) is 0 Å². The van der Waals surface area contributed by atoms with E-state index in [0.717, 1.165) is 22.8 Å². The molecule has 10 heteroatoms. The molecule has 1 aliphatic carbocycles. The molecule has 150 valence electrons. The molecule has 0 radical (unpaired) electrons. The van der Waals surface area contributed by atoms with Crippen molar-refractivity contribution in [3.63, 3.8) is 0 Å². The van der Waals surface area contributed by atoms with Crippen LogP contribution < -0.4 is 4.72 Å². The first kappa shape index (κ1) is 18.9. The molecule has 2 aliphatic rings. The summed E-state index contributed by atoms with van der Waals surface area (Å²) in [6.07, 6.45) is 2.04. The van der Waals surface area contributed by atoms with Gasteiger partial charge in [-0.2, -0.15) is 22.5 Å². The number of H-pyrrole nitrogens is 1. The molecule has 1 aliphatic heterocycles. The van der Waals surface area contributed by atoms with Crippen molar-refractivity contribution in [3.8, 4) is 11.3 Å². The van der Waals surface area contributed by atoms with Gasteiger partial charge in [0.15, 0.2) is 0 Å². The third kappa shape index (κ3) is 3.88. The molecule has 1 saturated carbocycles. The van der Waals surface area contributed by atoms with Crippen LogP contribution in [0.1, 0.15) is 37.3 Å². The monoisotopic (exact) mass is 408 g/mol. The topological polar surface area (TPSA) is 104 Å². The summed E-state index contributed by atoms with van der Waals surface area (Å²) in [5.74, 6) is -0.0796. The molecule has 1 amide bonds. The fourth-order valence-corrected chi connectivity index (χ4v) is 5.08. The van der Waals surface area contributed by atoms with Crippen molar-refractivity contribution >= 4 is 16.3 Å². The van der Waals surface area contributed by atoms with Gasteiger partial charge in [0.1, 0.15) is 12.4 Å². The van der Waals surface area contributed by atoms with E-state index in [0.29, 0.717) is 24.1 Å². The molecular formula is C18H21FN4O4S. The molecule has 2 heterocycles. The number of cyclic esters (lactones) is 1. The van der Waals surface area contributed by atoms with Crippen molar-refractivity contribution in [2.75, 3.05) is 13.2 Å². The number of aromatic nitrogens is 2. The van der Waals surface area contributed by atoms with Crippen molar-refractivity contribution in [1.29, 1.82) is 0 Å². The molecule has 0 unspecified atom stereocenters. The number of amides is 1. The van der Waals surface area contributed by atoms with Crippen LogP contribution in [-0.2, 0) is 14.9 Å². The highest BCUT2D eigenvalue weighted by Crippen LogP contribution is 2.34. The molecule has 4 rings (SSSR count). The van der Waals surface area contributed by atoms with Crippen LogP contribution >= 0.6 is 0 Å². The second kappa shape index (κ2) is 7.51. The first-order valence-corrected chi connectivity index (χ1v) is 10.6. The first-order valence-electron chi connectivity index (χ1n) is 9.20. The zero-order valence-electron chi connectivity index (χ0n) is 15.1. The minimum atomic E-state index is -3.87. The number of hydrogen-bond acceptors (Lipinski definition) is 5. The predicted molar refractivity (Wildman–Crippen MR) is 99.1 cm³/mol. The minimum absolute atomic E-state index is 0.0422. The molecule has 8 nitrogen and oxygen atoms in total. The Morgan fingerprint density at radius 3 is 2.68 bits per heavy atom. The Morgan fingerprint density at radius 2 is 2.00 bits per heavy atom. The van der Waals surface area contributed by atoms with Crippen LogP contribution in [0.5, 0.6) is 0 Å². The average Bonchev–Trinajstić information content (AvgIpc) is 3.32. The van der Waals surface area contributed by atoms with E-state index in [-0.39, 0.29) is 30.9 Å². The van der Waals surface area contributed by atoms with E-state index >= 15 is 0 Å². The summed E-state index contributed by atoms with van der Waals surface area (Å²) >= 11 is 0. The lowest BCUT2D eigenvalue weighted by Crippen LogP contribution is -2.46. The van der Waals surface area contributed by atoms with Crippen molar-refractivity contribution in [2.45, 2.75) is 37.6 Å². The quantitative estimate of drug-likeness (QED) is 0.791. The molecule has 0 atom stereocenters. The summed E-state index contributed by atoms with van der Waals surface area (Å²) in [6.45, 7) is 0.125. The molecule has 2 N–H and O–H groups in total. The highest BCUT2D eigenvalue weighted by Gasteiger charge is 2.36. The zero-order valence-corrected chi connectivity index (χ0v) is 15.9. The number of benzene rings is 1. The lowest BCUT2D eigenvalue weighted by molar-refractivity contribution is 0.169. The second-order valence-electron chi connectivity index (χ2n) is 7.08. The number of aromatic amines is 1. The largest absolute Gasteiger partial charge is 0.447 e. The Hall–Kier alpha value is -2.46. The molecular weight excluding hydrogens is 387 g/mol.